The van der Waals surface area contributed by atoms with Crippen molar-refractivity contribution < 1.29 is 0 Å². The van der Waals surface area contributed by atoms with E-state index in [1.165, 1.54) is 0 Å². The Morgan fingerprint density at radius 2 is 1.95 bits per heavy atom. The maximum atomic E-state index is 12.1. The molecule has 0 aliphatic heterocycles. The fourth-order valence-corrected chi connectivity index (χ4v) is 2.81. The number of nitrogens with zero attached hydrogens (tertiary/aromatic N) is 1. The van der Waals surface area contributed by atoms with Gasteiger partial charge >= 0.3 is 0 Å². The van der Waals surface area contributed by atoms with Gasteiger partial charge < -0.3 is 4.98 Å². The van der Waals surface area contributed by atoms with Crippen molar-refractivity contribution in [2.45, 2.75) is 25.7 Å². The van der Waals surface area contributed by atoms with Gasteiger partial charge in [0.05, 0.1) is 15.7 Å². The molecule has 1 aromatic carbocycles. The largest absolute Gasteiger partial charge is 0.306 e. The van der Waals surface area contributed by atoms with Crippen molar-refractivity contribution in [1.29, 1.82) is 0 Å². The number of fused-ring (bicyclic) bond motifs is 1. The molecule has 0 atom stereocenters. The number of hydrogen-bond acceptors (Lipinski definition) is 2. The topological polar surface area (TPSA) is 45.8 Å². The molecule has 0 fully saturated rings. The predicted octanol–water partition coefficient (Wildman–Crippen LogP) is 3.62. The lowest BCUT2D eigenvalue weighted by Gasteiger charge is -2.15. The summed E-state index contributed by atoms with van der Waals surface area (Å²) in [4.78, 5) is 19.4. The van der Waals surface area contributed by atoms with Crippen LogP contribution in [0.2, 0.25) is 10.0 Å². The van der Waals surface area contributed by atoms with E-state index >= 15 is 0 Å². The lowest BCUT2D eigenvalue weighted by atomic mass is 9.97. The average molecular weight is 295 g/mol. The Hall–Kier alpha value is -1.32. The minimum Gasteiger partial charge on any atom is -0.306 e. The summed E-state index contributed by atoms with van der Waals surface area (Å²) >= 11 is 12.2. The molecule has 98 valence electrons. The van der Waals surface area contributed by atoms with Crippen LogP contribution in [0.25, 0.3) is 11.4 Å². The van der Waals surface area contributed by atoms with Crippen molar-refractivity contribution in [2.75, 3.05) is 0 Å². The second-order valence-corrected chi connectivity index (χ2v) is 5.43. The second kappa shape index (κ2) is 4.99. The summed E-state index contributed by atoms with van der Waals surface area (Å²) in [6.07, 6.45) is 3.78. The molecule has 0 unspecified atom stereocenters. The molecular weight excluding hydrogens is 283 g/mol. The highest BCUT2D eigenvalue weighted by atomic mass is 35.5. The van der Waals surface area contributed by atoms with Crippen molar-refractivity contribution in [3.8, 4) is 11.4 Å². The molecule has 0 amide bonds. The van der Waals surface area contributed by atoms with Crippen LogP contribution in [0.1, 0.15) is 24.1 Å². The number of aromatic amines is 1. The number of nitrogens with one attached hydrogen (secondary N) is 1. The minimum absolute atomic E-state index is 0.0595. The van der Waals surface area contributed by atoms with E-state index in [1.807, 2.05) is 6.07 Å². The van der Waals surface area contributed by atoms with Gasteiger partial charge in [0, 0.05) is 11.1 Å². The van der Waals surface area contributed by atoms with Crippen molar-refractivity contribution in [1.82, 2.24) is 9.97 Å². The van der Waals surface area contributed by atoms with Gasteiger partial charge in [-0.05, 0) is 37.8 Å². The van der Waals surface area contributed by atoms with E-state index in [4.69, 9.17) is 23.2 Å². The lowest BCUT2D eigenvalue weighted by molar-refractivity contribution is 0.657. The number of aromatic nitrogens is 2. The van der Waals surface area contributed by atoms with Crippen LogP contribution in [0, 0.1) is 0 Å². The Labute approximate surface area is 120 Å². The quantitative estimate of drug-likeness (QED) is 0.873. The van der Waals surface area contributed by atoms with Crippen molar-refractivity contribution in [2.24, 2.45) is 0 Å². The summed E-state index contributed by atoms with van der Waals surface area (Å²) in [6, 6.07) is 5.31. The van der Waals surface area contributed by atoms with E-state index in [0.29, 0.717) is 21.4 Å². The van der Waals surface area contributed by atoms with Gasteiger partial charge in [-0.15, -0.1) is 0 Å². The Kier molecular flexibility index (Phi) is 3.33. The summed E-state index contributed by atoms with van der Waals surface area (Å²) in [5.41, 5.74) is 2.31. The maximum absolute atomic E-state index is 12.1. The number of benzene rings is 1. The number of halogens is 2. The third-order valence-electron chi connectivity index (χ3n) is 3.40. The molecule has 1 aliphatic carbocycles. The highest BCUT2D eigenvalue weighted by Gasteiger charge is 2.17. The van der Waals surface area contributed by atoms with E-state index in [-0.39, 0.29) is 5.56 Å². The monoisotopic (exact) mass is 294 g/mol. The average Bonchev–Trinajstić information content (AvgIpc) is 2.42. The molecule has 0 spiro atoms. The normalized spacial score (nSPS) is 14.2. The van der Waals surface area contributed by atoms with Crippen LogP contribution in [-0.4, -0.2) is 9.97 Å². The van der Waals surface area contributed by atoms with Crippen LogP contribution in [0.4, 0.5) is 0 Å². The molecule has 0 saturated carbocycles. The van der Waals surface area contributed by atoms with E-state index in [2.05, 4.69) is 9.97 Å². The molecule has 1 aromatic heterocycles. The van der Waals surface area contributed by atoms with Crippen LogP contribution in [-0.2, 0) is 12.8 Å². The fraction of sp³-hybridized carbons (Fsp3) is 0.286. The summed E-state index contributed by atoms with van der Waals surface area (Å²) in [5, 5.41) is 0.877. The molecule has 19 heavy (non-hydrogen) atoms. The molecule has 5 heteroatoms. The van der Waals surface area contributed by atoms with Gasteiger partial charge in [-0.1, -0.05) is 29.3 Å². The maximum Gasteiger partial charge on any atom is 0.254 e. The molecule has 0 bridgehead atoms. The zero-order chi connectivity index (χ0) is 13.4. The Balaban J connectivity index is 2.19. The van der Waals surface area contributed by atoms with E-state index in [1.54, 1.807) is 12.1 Å². The Morgan fingerprint density at radius 3 is 2.79 bits per heavy atom. The SMILES string of the molecule is O=c1[nH]c(-c2cccc(Cl)c2Cl)nc2c1CCCC2. The molecule has 1 aliphatic rings. The first-order valence-corrected chi connectivity index (χ1v) is 6.99. The van der Waals surface area contributed by atoms with Gasteiger partial charge in [-0.2, -0.15) is 0 Å². The summed E-state index contributed by atoms with van der Waals surface area (Å²) in [7, 11) is 0. The molecule has 0 radical (unpaired) electrons. The lowest BCUT2D eigenvalue weighted by Crippen LogP contribution is -2.21. The molecule has 2 aromatic rings. The van der Waals surface area contributed by atoms with Gasteiger partial charge in [0.2, 0.25) is 0 Å². The Bertz CT molecular complexity index is 694. The van der Waals surface area contributed by atoms with E-state index in [9.17, 15) is 4.79 Å². The zero-order valence-corrected chi connectivity index (χ0v) is 11.7. The van der Waals surface area contributed by atoms with Crippen molar-refractivity contribution >= 4 is 23.2 Å². The van der Waals surface area contributed by atoms with Gasteiger partial charge in [-0.3, -0.25) is 4.79 Å². The van der Waals surface area contributed by atoms with Crippen molar-refractivity contribution in [3.05, 3.63) is 49.9 Å². The number of H-pyrrole nitrogens is 1. The second-order valence-electron chi connectivity index (χ2n) is 4.65. The van der Waals surface area contributed by atoms with Crippen LogP contribution < -0.4 is 5.56 Å². The molecule has 0 saturated heterocycles. The number of rotatable bonds is 1. The van der Waals surface area contributed by atoms with E-state index < -0.39 is 0 Å². The smallest absolute Gasteiger partial charge is 0.254 e. The Morgan fingerprint density at radius 1 is 1.16 bits per heavy atom. The molecule has 1 heterocycles. The first kappa shape index (κ1) is 12.7. The number of hydrogen-bond donors (Lipinski definition) is 1. The predicted molar refractivity (Wildman–Crippen MR) is 77.0 cm³/mol. The minimum atomic E-state index is -0.0595. The van der Waals surface area contributed by atoms with Crippen LogP contribution in [0.3, 0.4) is 0 Å². The van der Waals surface area contributed by atoms with Gasteiger partial charge in [-0.25, -0.2) is 4.98 Å². The summed E-state index contributed by atoms with van der Waals surface area (Å²) in [5.74, 6) is 0.498. The third-order valence-corrected chi connectivity index (χ3v) is 4.22. The fourth-order valence-electron chi connectivity index (χ4n) is 2.42. The summed E-state index contributed by atoms with van der Waals surface area (Å²) in [6.45, 7) is 0. The first-order valence-electron chi connectivity index (χ1n) is 6.23. The van der Waals surface area contributed by atoms with Gasteiger partial charge in [0.1, 0.15) is 5.82 Å². The van der Waals surface area contributed by atoms with Crippen LogP contribution >= 0.6 is 23.2 Å². The summed E-state index contributed by atoms with van der Waals surface area (Å²) < 4.78 is 0. The van der Waals surface area contributed by atoms with Gasteiger partial charge in [0.25, 0.3) is 5.56 Å². The highest BCUT2D eigenvalue weighted by Crippen LogP contribution is 2.31. The standard InChI is InChI=1S/C14H12Cl2N2O/c15-10-6-3-5-9(12(10)16)13-17-11-7-2-1-4-8(11)14(19)18-13/h3,5-6H,1-2,4,7H2,(H,17,18,19). The molecule has 3 rings (SSSR count). The third kappa shape index (κ3) is 2.28. The number of aryl methyl sites for hydroxylation is 1. The zero-order valence-electron chi connectivity index (χ0n) is 10.2. The molecule has 3 nitrogen and oxygen atoms in total. The molecule has 1 N–H and O–H groups in total. The molecular formula is C14H12Cl2N2O. The van der Waals surface area contributed by atoms with Gasteiger partial charge in [0.15, 0.2) is 0 Å². The van der Waals surface area contributed by atoms with Crippen molar-refractivity contribution in [3.63, 3.8) is 0 Å². The first-order chi connectivity index (χ1) is 9.16. The highest BCUT2D eigenvalue weighted by molar-refractivity contribution is 6.43. The van der Waals surface area contributed by atoms with E-state index in [0.717, 1.165) is 36.9 Å². The van der Waals surface area contributed by atoms with Crippen LogP contribution in [0.15, 0.2) is 23.0 Å². The van der Waals surface area contributed by atoms with Crippen LogP contribution in [0.5, 0.6) is 0 Å².